The van der Waals surface area contributed by atoms with E-state index in [-0.39, 0.29) is 11.6 Å². The average Bonchev–Trinajstić information content (AvgIpc) is 3.33. The van der Waals surface area contributed by atoms with Gasteiger partial charge in [0.2, 0.25) is 0 Å². The second-order valence-corrected chi connectivity index (χ2v) is 8.97. The molecule has 7 nitrogen and oxygen atoms in total. The molecular weight excluding hydrogens is 428 g/mol. The van der Waals surface area contributed by atoms with Gasteiger partial charge in [0.15, 0.2) is 15.9 Å². The van der Waals surface area contributed by atoms with Crippen LogP contribution < -0.4 is 5.56 Å². The van der Waals surface area contributed by atoms with E-state index in [1.807, 2.05) is 48.3 Å². The van der Waals surface area contributed by atoms with Crippen LogP contribution in [0.1, 0.15) is 24.5 Å². The molecule has 0 bridgehead atoms. The molecule has 3 aromatic heterocycles. The molecule has 0 saturated heterocycles. The van der Waals surface area contributed by atoms with Crippen molar-refractivity contribution in [2.75, 3.05) is 14.1 Å². The topological polar surface area (TPSA) is 68.3 Å². The number of aromatic nitrogens is 5. The predicted molar refractivity (Wildman–Crippen MR) is 117 cm³/mol. The van der Waals surface area contributed by atoms with Crippen LogP contribution in [-0.2, 0) is 5.75 Å². The lowest BCUT2D eigenvalue weighted by Crippen LogP contribution is -2.20. The molecule has 4 rings (SSSR count). The van der Waals surface area contributed by atoms with E-state index in [4.69, 9.17) is 11.6 Å². The molecule has 4 aromatic rings. The summed E-state index contributed by atoms with van der Waals surface area (Å²) in [5.74, 6) is 1.35. The Kier molecular flexibility index (Phi) is 5.73. The third-order valence-electron chi connectivity index (χ3n) is 4.60. The van der Waals surface area contributed by atoms with Crippen LogP contribution in [0.2, 0.25) is 5.02 Å². The molecule has 29 heavy (non-hydrogen) atoms. The first-order chi connectivity index (χ1) is 13.9. The van der Waals surface area contributed by atoms with Gasteiger partial charge in [-0.15, -0.1) is 21.5 Å². The highest BCUT2D eigenvalue weighted by molar-refractivity contribution is 7.98. The molecule has 0 aliphatic carbocycles. The Morgan fingerprint density at radius 2 is 2.00 bits per heavy atom. The monoisotopic (exact) mass is 446 g/mol. The third-order valence-corrected chi connectivity index (χ3v) is 6.57. The summed E-state index contributed by atoms with van der Waals surface area (Å²) in [5, 5.41) is 12.1. The number of fused-ring (bicyclic) bond motifs is 1. The van der Waals surface area contributed by atoms with Crippen LogP contribution in [0, 0.1) is 0 Å². The van der Waals surface area contributed by atoms with Gasteiger partial charge in [0, 0.05) is 34.1 Å². The van der Waals surface area contributed by atoms with E-state index < -0.39 is 0 Å². The molecule has 0 aliphatic heterocycles. The van der Waals surface area contributed by atoms with Crippen molar-refractivity contribution in [3.05, 3.63) is 68.8 Å². The quantitative estimate of drug-likeness (QED) is 0.418. The van der Waals surface area contributed by atoms with E-state index in [9.17, 15) is 4.79 Å². The lowest BCUT2D eigenvalue weighted by atomic mass is 10.2. The first-order valence-corrected chi connectivity index (χ1v) is 11.1. The van der Waals surface area contributed by atoms with Gasteiger partial charge in [-0.1, -0.05) is 23.4 Å². The molecule has 0 aliphatic rings. The van der Waals surface area contributed by atoms with E-state index in [2.05, 4.69) is 27.0 Å². The number of hydrogen-bond donors (Lipinski definition) is 0. The highest BCUT2D eigenvalue weighted by atomic mass is 35.5. The van der Waals surface area contributed by atoms with E-state index >= 15 is 0 Å². The minimum atomic E-state index is -0.0760. The normalized spacial score (nSPS) is 12.7. The van der Waals surface area contributed by atoms with Crippen molar-refractivity contribution < 1.29 is 0 Å². The van der Waals surface area contributed by atoms with Crippen LogP contribution >= 0.6 is 34.7 Å². The summed E-state index contributed by atoms with van der Waals surface area (Å²) < 4.78 is 3.58. The van der Waals surface area contributed by atoms with Crippen molar-refractivity contribution in [1.82, 2.24) is 29.0 Å². The van der Waals surface area contributed by atoms with Crippen LogP contribution in [0.25, 0.3) is 10.6 Å². The van der Waals surface area contributed by atoms with Crippen LogP contribution in [0.5, 0.6) is 0 Å². The number of hydrogen-bond acceptors (Lipinski definition) is 7. The van der Waals surface area contributed by atoms with Crippen LogP contribution in [0.3, 0.4) is 0 Å². The van der Waals surface area contributed by atoms with Crippen molar-refractivity contribution in [1.29, 1.82) is 0 Å². The SMILES string of the molecule is CC(c1nnc(SCc2cc(=O)n3ccsc3n2)n1-c1ccc(Cl)cc1)N(C)C. The number of nitrogens with zero attached hydrogens (tertiary/aromatic N) is 6. The smallest absolute Gasteiger partial charge is 0.258 e. The number of halogens is 1. The van der Waals surface area contributed by atoms with Crippen LogP contribution in [0.15, 0.2) is 51.9 Å². The molecule has 0 amide bonds. The summed E-state index contributed by atoms with van der Waals surface area (Å²) in [6, 6.07) is 9.23. The standard InChI is InChI=1S/C19H19ClN6OS2/c1-12(24(2)3)17-22-23-19(26(17)15-6-4-13(20)5-7-15)29-11-14-10-16(27)25-8-9-28-18(25)21-14/h4-10,12H,11H2,1-3H3. The maximum absolute atomic E-state index is 12.2. The van der Waals surface area contributed by atoms with Gasteiger partial charge in [0.1, 0.15) is 0 Å². The highest BCUT2D eigenvalue weighted by Gasteiger charge is 2.21. The van der Waals surface area contributed by atoms with Crippen molar-refractivity contribution in [3.63, 3.8) is 0 Å². The molecule has 0 saturated carbocycles. The zero-order valence-electron chi connectivity index (χ0n) is 16.1. The first-order valence-electron chi connectivity index (χ1n) is 8.90. The fraction of sp³-hybridized carbons (Fsp3) is 0.263. The highest BCUT2D eigenvalue weighted by Crippen LogP contribution is 2.29. The number of rotatable bonds is 6. The van der Waals surface area contributed by atoms with Gasteiger partial charge in [-0.3, -0.25) is 18.7 Å². The minimum Gasteiger partial charge on any atom is -0.300 e. The summed E-state index contributed by atoms with van der Waals surface area (Å²) in [6.45, 7) is 2.08. The molecule has 3 heterocycles. The van der Waals surface area contributed by atoms with E-state index in [0.717, 1.165) is 22.4 Å². The third kappa shape index (κ3) is 4.09. The summed E-state index contributed by atoms with van der Waals surface area (Å²) in [5.41, 5.74) is 1.58. The molecule has 10 heteroatoms. The maximum Gasteiger partial charge on any atom is 0.258 e. The average molecular weight is 447 g/mol. The molecule has 1 unspecified atom stereocenters. The summed E-state index contributed by atoms with van der Waals surface area (Å²) in [4.78, 5) is 19.6. The van der Waals surface area contributed by atoms with Crippen molar-refractivity contribution >= 4 is 39.7 Å². The van der Waals surface area contributed by atoms with Gasteiger partial charge in [0.05, 0.1) is 11.7 Å². The van der Waals surface area contributed by atoms with Crippen molar-refractivity contribution in [2.45, 2.75) is 23.9 Å². The minimum absolute atomic E-state index is 0.0674. The van der Waals surface area contributed by atoms with Crippen LogP contribution in [-0.4, -0.2) is 43.1 Å². The first kappa shape index (κ1) is 20.1. The fourth-order valence-electron chi connectivity index (χ4n) is 2.81. The molecule has 1 aromatic carbocycles. The summed E-state index contributed by atoms with van der Waals surface area (Å²) in [7, 11) is 4.01. The number of benzene rings is 1. The van der Waals surface area contributed by atoms with Gasteiger partial charge in [-0.2, -0.15) is 0 Å². The molecule has 0 N–H and O–H groups in total. The zero-order chi connectivity index (χ0) is 20.5. The Balaban J connectivity index is 1.69. The van der Waals surface area contributed by atoms with Crippen molar-refractivity contribution in [3.8, 4) is 5.69 Å². The Morgan fingerprint density at radius 3 is 2.72 bits per heavy atom. The number of thioether (sulfide) groups is 1. The number of thiazole rings is 1. The Hall–Kier alpha value is -2.20. The maximum atomic E-state index is 12.2. The van der Waals surface area contributed by atoms with E-state index in [1.165, 1.54) is 23.1 Å². The van der Waals surface area contributed by atoms with E-state index in [0.29, 0.717) is 15.7 Å². The molecule has 0 radical (unpaired) electrons. The van der Waals surface area contributed by atoms with Gasteiger partial charge >= 0.3 is 0 Å². The van der Waals surface area contributed by atoms with Gasteiger partial charge in [-0.05, 0) is 45.3 Å². The molecule has 1 atom stereocenters. The van der Waals surface area contributed by atoms with Gasteiger partial charge in [-0.25, -0.2) is 4.98 Å². The molecule has 0 fully saturated rings. The Morgan fingerprint density at radius 1 is 1.24 bits per heavy atom. The largest absolute Gasteiger partial charge is 0.300 e. The second-order valence-electron chi connectivity index (χ2n) is 6.72. The van der Waals surface area contributed by atoms with Crippen LogP contribution in [0.4, 0.5) is 0 Å². The lowest BCUT2D eigenvalue weighted by molar-refractivity contribution is 0.305. The second kappa shape index (κ2) is 8.27. The predicted octanol–water partition coefficient (Wildman–Crippen LogP) is 3.91. The molecule has 0 spiro atoms. The summed E-state index contributed by atoms with van der Waals surface area (Å²) >= 11 is 9.01. The zero-order valence-corrected chi connectivity index (χ0v) is 18.5. The lowest BCUT2D eigenvalue weighted by Gasteiger charge is -2.20. The molecule has 150 valence electrons. The van der Waals surface area contributed by atoms with E-state index in [1.54, 1.807) is 16.7 Å². The fourth-order valence-corrected chi connectivity index (χ4v) is 4.53. The van der Waals surface area contributed by atoms with Gasteiger partial charge < -0.3 is 0 Å². The van der Waals surface area contributed by atoms with Gasteiger partial charge in [0.25, 0.3) is 5.56 Å². The van der Waals surface area contributed by atoms with Crippen molar-refractivity contribution in [2.24, 2.45) is 0 Å². The summed E-state index contributed by atoms with van der Waals surface area (Å²) in [6.07, 6.45) is 1.73. The molecular formula is C19H19ClN6OS2. The Labute approximate surface area is 181 Å². The Bertz CT molecular complexity index is 1200.